The van der Waals surface area contributed by atoms with E-state index in [0.717, 1.165) is 22.4 Å². The third kappa shape index (κ3) is 4.40. The molecule has 0 bridgehead atoms. The minimum atomic E-state index is -1.13. The molecular formula is C28H24FN3O3S. The Kier molecular flexibility index (Phi) is 6.36. The first-order valence-corrected chi connectivity index (χ1v) is 12.5. The van der Waals surface area contributed by atoms with Gasteiger partial charge in [0.05, 0.1) is 22.4 Å². The Hall–Kier alpha value is -3.91. The highest BCUT2D eigenvalue weighted by Gasteiger charge is 2.38. The second kappa shape index (κ2) is 9.62. The van der Waals surface area contributed by atoms with Gasteiger partial charge in [0.25, 0.3) is 0 Å². The molecule has 1 aromatic heterocycles. The predicted octanol–water partition coefficient (Wildman–Crippen LogP) is 5.55. The molecule has 6 nitrogen and oxygen atoms in total. The van der Waals surface area contributed by atoms with Crippen LogP contribution in [0.15, 0.2) is 72.8 Å². The number of carboxylic acids is 1. The number of nitrogens with zero attached hydrogens (tertiary/aromatic N) is 3. The maximum absolute atomic E-state index is 14.3. The minimum Gasteiger partial charge on any atom is -0.480 e. The fraction of sp³-hybridized carbons (Fsp3) is 0.179. The van der Waals surface area contributed by atoms with Crippen molar-refractivity contribution in [3.8, 4) is 16.9 Å². The van der Waals surface area contributed by atoms with E-state index in [2.05, 4.69) is 0 Å². The zero-order chi connectivity index (χ0) is 25.4. The minimum absolute atomic E-state index is 0.0459. The van der Waals surface area contributed by atoms with Gasteiger partial charge in [-0.15, -0.1) is 11.8 Å². The van der Waals surface area contributed by atoms with Gasteiger partial charge < -0.3 is 5.11 Å². The van der Waals surface area contributed by atoms with E-state index in [1.807, 2.05) is 68.4 Å². The van der Waals surface area contributed by atoms with E-state index in [1.165, 1.54) is 28.8 Å². The van der Waals surface area contributed by atoms with Gasteiger partial charge in [0, 0.05) is 11.1 Å². The molecule has 0 spiro atoms. The van der Waals surface area contributed by atoms with Gasteiger partial charge in [-0.2, -0.15) is 5.10 Å². The first-order valence-electron chi connectivity index (χ1n) is 11.5. The number of aromatic nitrogens is 2. The van der Waals surface area contributed by atoms with Gasteiger partial charge in [0.15, 0.2) is 0 Å². The van der Waals surface area contributed by atoms with E-state index in [0.29, 0.717) is 22.6 Å². The summed E-state index contributed by atoms with van der Waals surface area (Å²) in [5.41, 5.74) is 5.56. The molecule has 1 atom stereocenters. The van der Waals surface area contributed by atoms with Crippen LogP contribution in [0.2, 0.25) is 0 Å². The Labute approximate surface area is 212 Å². The maximum Gasteiger partial charge on any atom is 0.323 e. The van der Waals surface area contributed by atoms with Crippen LogP contribution >= 0.6 is 11.8 Å². The summed E-state index contributed by atoms with van der Waals surface area (Å²) in [4.78, 5) is 26.5. The van der Waals surface area contributed by atoms with Crippen LogP contribution in [0.3, 0.4) is 0 Å². The van der Waals surface area contributed by atoms with E-state index in [4.69, 9.17) is 5.10 Å². The molecule has 1 amide bonds. The molecule has 0 radical (unpaired) electrons. The number of aryl methyl sites for hydroxylation is 2. The van der Waals surface area contributed by atoms with E-state index >= 15 is 0 Å². The average molecular weight is 502 g/mol. The molecule has 1 aliphatic heterocycles. The van der Waals surface area contributed by atoms with Crippen LogP contribution in [0.5, 0.6) is 0 Å². The van der Waals surface area contributed by atoms with Crippen molar-refractivity contribution in [2.24, 2.45) is 0 Å². The molecule has 0 aliphatic carbocycles. The summed E-state index contributed by atoms with van der Waals surface area (Å²) in [6.45, 7) is 3.44. The summed E-state index contributed by atoms with van der Waals surface area (Å²) in [6.07, 6.45) is 0. The van der Waals surface area contributed by atoms with Crippen molar-refractivity contribution in [2.75, 3.05) is 17.2 Å². The number of thioether (sulfide) groups is 1. The average Bonchev–Trinajstić information content (AvgIpc) is 3.16. The Bertz CT molecular complexity index is 1470. The zero-order valence-corrected chi connectivity index (χ0v) is 20.6. The highest BCUT2D eigenvalue weighted by molar-refractivity contribution is 8.00. The smallest absolute Gasteiger partial charge is 0.323 e. The Morgan fingerprint density at radius 2 is 1.86 bits per heavy atom. The lowest BCUT2D eigenvalue weighted by Gasteiger charge is -2.22. The summed E-state index contributed by atoms with van der Waals surface area (Å²) < 4.78 is 16.0. The molecule has 4 aromatic rings. The number of carboxylic acid groups (broad SMARTS) is 1. The van der Waals surface area contributed by atoms with Crippen molar-refractivity contribution < 1.29 is 19.1 Å². The summed E-state index contributed by atoms with van der Waals surface area (Å²) in [5.74, 6) is -1.40. The van der Waals surface area contributed by atoms with Gasteiger partial charge in [-0.1, -0.05) is 60.2 Å². The fourth-order valence-electron chi connectivity index (χ4n) is 4.61. The standard InChI is InChI=1S/C28H24FN3O3S/c1-17-11-12-22(18(2)13-17)32-28-25(26(30-32)19-7-4-3-5-8-19)27(20-9-6-10-21(29)14-20)36-16-23(33)31(28)15-24(34)35/h3-14,27H,15-16H2,1-2H3,(H,34,35). The highest BCUT2D eigenvalue weighted by atomic mass is 32.2. The lowest BCUT2D eigenvalue weighted by atomic mass is 9.99. The normalized spacial score (nSPS) is 15.5. The number of benzene rings is 3. The van der Waals surface area contributed by atoms with E-state index in [1.54, 1.807) is 10.7 Å². The Morgan fingerprint density at radius 3 is 2.56 bits per heavy atom. The van der Waals surface area contributed by atoms with Gasteiger partial charge in [-0.3, -0.25) is 14.5 Å². The Balaban J connectivity index is 1.87. The van der Waals surface area contributed by atoms with Gasteiger partial charge in [0.2, 0.25) is 5.91 Å². The van der Waals surface area contributed by atoms with Crippen molar-refractivity contribution in [3.63, 3.8) is 0 Å². The van der Waals surface area contributed by atoms with E-state index in [9.17, 15) is 19.1 Å². The predicted molar refractivity (Wildman–Crippen MR) is 139 cm³/mol. The molecule has 1 aliphatic rings. The largest absolute Gasteiger partial charge is 0.480 e. The van der Waals surface area contributed by atoms with Crippen LogP contribution in [0.25, 0.3) is 16.9 Å². The molecule has 1 N–H and O–H groups in total. The third-order valence-electron chi connectivity index (χ3n) is 6.16. The van der Waals surface area contributed by atoms with Crippen LogP contribution in [-0.2, 0) is 9.59 Å². The molecule has 36 heavy (non-hydrogen) atoms. The number of halogens is 1. The van der Waals surface area contributed by atoms with E-state index in [-0.39, 0.29) is 17.5 Å². The van der Waals surface area contributed by atoms with Crippen molar-refractivity contribution >= 4 is 29.5 Å². The number of rotatable bonds is 5. The number of hydrogen-bond acceptors (Lipinski definition) is 4. The fourth-order valence-corrected chi connectivity index (χ4v) is 5.80. The van der Waals surface area contributed by atoms with Crippen molar-refractivity contribution in [1.82, 2.24) is 9.78 Å². The zero-order valence-electron chi connectivity index (χ0n) is 19.8. The lowest BCUT2D eigenvalue weighted by Crippen LogP contribution is -2.38. The Morgan fingerprint density at radius 1 is 1.08 bits per heavy atom. The number of amides is 1. The molecule has 0 fully saturated rings. The lowest BCUT2D eigenvalue weighted by molar-refractivity contribution is -0.136. The molecule has 1 unspecified atom stereocenters. The van der Waals surface area contributed by atoms with Gasteiger partial charge in [0.1, 0.15) is 18.2 Å². The monoisotopic (exact) mass is 501 g/mol. The number of carbonyl (C=O) groups excluding carboxylic acids is 1. The second-order valence-electron chi connectivity index (χ2n) is 8.77. The van der Waals surface area contributed by atoms with Crippen molar-refractivity contribution in [1.29, 1.82) is 0 Å². The van der Waals surface area contributed by atoms with Crippen LogP contribution in [0.4, 0.5) is 10.2 Å². The first-order chi connectivity index (χ1) is 17.3. The summed E-state index contributed by atoms with van der Waals surface area (Å²) in [6, 6.07) is 21.8. The summed E-state index contributed by atoms with van der Waals surface area (Å²) in [5, 5.41) is 14.3. The summed E-state index contributed by atoms with van der Waals surface area (Å²) >= 11 is 1.35. The van der Waals surface area contributed by atoms with Crippen LogP contribution < -0.4 is 4.90 Å². The van der Waals surface area contributed by atoms with Crippen molar-refractivity contribution in [2.45, 2.75) is 19.1 Å². The molecule has 0 saturated carbocycles. The molecular weight excluding hydrogens is 477 g/mol. The quantitative estimate of drug-likeness (QED) is 0.388. The van der Waals surface area contributed by atoms with Gasteiger partial charge in [-0.25, -0.2) is 9.07 Å². The number of hydrogen-bond donors (Lipinski definition) is 1. The first kappa shape index (κ1) is 23.8. The molecule has 3 aromatic carbocycles. The van der Waals surface area contributed by atoms with Crippen LogP contribution in [0.1, 0.15) is 27.5 Å². The van der Waals surface area contributed by atoms with Gasteiger partial charge >= 0.3 is 5.97 Å². The van der Waals surface area contributed by atoms with Gasteiger partial charge in [-0.05, 0) is 43.2 Å². The summed E-state index contributed by atoms with van der Waals surface area (Å²) in [7, 11) is 0. The third-order valence-corrected chi connectivity index (χ3v) is 7.42. The number of aliphatic carboxylic acids is 1. The van der Waals surface area contributed by atoms with Crippen LogP contribution in [0, 0.1) is 19.7 Å². The number of anilines is 1. The molecule has 2 heterocycles. The molecule has 8 heteroatoms. The number of carbonyl (C=O) groups is 2. The molecule has 0 saturated heterocycles. The SMILES string of the molecule is Cc1ccc(-n2nc(-c3ccccc3)c3c2N(CC(=O)O)C(=O)CSC3c2cccc(F)c2)c(C)c1. The number of fused-ring (bicyclic) bond motifs is 1. The molecule has 5 rings (SSSR count). The molecule has 182 valence electrons. The highest BCUT2D eigenvalue weighted by Crippen LogP contribution is 2.48. The topological polar surface area (TPSA) is 75.4 Å². The van der Waals surface area contributed by atoms with Crippen molar-refractivity contribution in [3.05, 3.63) is 101 Å². The van der Waals surface area contributed by atoms with Crippen LogP contribution in [-0.4, -0.2) is 39.1 Å². The second-order valence-corrected chi connectivity index (χ2v) is 9.87. The van der Waals surface area contributed by atoms with E-state index < -0.39 is 17.8 Å². The maximum atomic E-state index is 14.3.